The molecule has 0 saturated carbocycles. The second kappa shape index (κ2) is 10.7. The van der Waals surface area contributed by atoms with Gasteiger partial charge in [0.2, 0.25) is 0 Å². The predicted molar refractivity (Wildman–Crippen MR) is 129 cm³/mol. The van der Waals surface area contributed by atoms with Gasteiger partial charge in [-0.15, -0.1) is 0 Å². The smallest absolute Gasteiger partial charge is 0.337 e. The number of anilines is 1. The lowest BCUT2D eigenvalue weighted by molar-refractivity contribution is -0.136. The molecule has 7 heteroatoms. The van der Waals surface area contributed by atoms with Gasteiger partial charge in [-0.3, -0.25) is 4.79 Å². The number of methoxy groups -OCH3 is 1. The first kappa shape index (κ1) is 23.1. The maximum Gasteiger partial charge on any atom is 0.337 e. The van der Waals surface area contributed by atoms with Gasteiger partial charge in [0.25, 0.3) is 5.91 Å². The standard InChI is InChI=1S/C27H26N2O5/c1-33-27(32)24-17-29(14-15-30)26(31)25(24)28-22-9-5-8-21(16-22)20-10-12-23(13-11-20)34-18-19-6-3-2-4-7-19/h2-13,16,28,30H,14-15,17-18H2,1H3. The molecule has 1 aliphatic heterocycles. The van der Waals surface area contributed by atoms with Crippen LogP contribution in [0.5, 0.6) is 5.75 Å². The third-order valence-electron chi connectivity index (χ3n) is 5.52. The van der Waals surface area contributed by atoms with E-state index in [0.29, 0.717) is 12.3 Å². The molecule has 7 nitrogen and oxygen atoms in total. The molecule has 0 aliphatic carbocycles. The van der Waals surface area contributed by atoms with E-state index >= 15 is 0 Å². The number of esters is 1. The van der Waals surface area contributed by atoms with Crippen molar-refractivity contribution in [2.45, 2.75) is 6.61 Å². The summed E-state index contributed by atoms with van der Waals surface area (Å²) in [6, 6.07) is 25.3. The number of ether oxygens (including phenoxy) is 2. The lowest BCUT2D eigenvalue weighted by atomic mass is 10.0. The molecule has 34 heavy (non-hydrogen) atoms. The Labute approximate surface area is 198 Å². The van der Waals surface area contributed by atoms with Crippen molar-refractivity contribution in [1.29, 1.82) is 0 Å². The monoisotopic (exact) mass is 458 g/mol. The quantitative estimate of drug-likeness (QED) is 0.477. The van der Waals surface area contributed by atoms with Gasteiger partial charge >= 0.3 is 5.97 Å². The summed E-state index contributed by atoms with van der Waals surface area (Å²) in [7, 11) is 1.28. The Hall–Kier alpha value is -4.10. The van der Waals surface area contributed by atoms with Crippen LogP contribution >= 0.6 is 0 Å². The molecular weight excluding hydrogens is 432 g/mol. The van der Waals surface area contributed by atoms with Crippen LogP contribution < -0.4 is 10.1 Å². The third-order valence-corrected chi connectivity index (χ3v) is 5.52. The summed E-state index contributed by atoms with van der Waals surface area (Å²) in [5.74, 6) is -0.145. The Balaban J connectivity index is 1.49. The number of nitrogens with zero attached hydrogens (tertiary/aromatic N) is 1. The number of β-amino-alcohol motifs (C(OH)–C–C–N with tert-alkyl or cyclic N) is 1. The number of hydrogen-bond donors (Lipinski definition) is 2. The zero-order valence-corrected chi connectivity index (χ0v) is 18.9. The van der Waals surface area contributed by atoms with Crippen LogP contribution in [0, 0.1) is 0 Å². The lowest BCUT2D eigenvalue weighted by Gasteiger charge is -2.15. The van der Waals surface area contributed by atoms with Crippen molar-refractivity contribution in [3.05, 3.63) is 95.7 Å². The highest BCUT2D eigenvalue weighted by molar-refractivity contribution is 6.08. The first-order valence-electron chi connectivity index (χ1n) is 10.9. The molecule has 174 valence electrons. The molecule has 4 rings (SSSR count). The fourth-order valence-electron chi connectivity index (χ4n) is 3.75. The highest BCUT2D eigenvalue weighted by Gasteiger charge is 2.34. The molecule has 1 heterocycles. The van der Waals surface area contributed by atoms with Crippen molar-refractivity contribution in [3.63, 3.8) is 0 Å². The van der Waals surface area contributed by atoms with Crippen LogP contribution in [-0.4, -0.2) is 48.7 Å². The molecule has 0 atom stereocenters. The summed E-state index contributed by atoms with van der Waals surface area (Å²) in [6.45, 7) is 0.550. The molecule has 1 amide bonds. The van der Waals surface area contributed by atoms with Crippen LogP contribution in [0.3, 0.4) is 0 Å². The molecule has 0 saturated heterocycles. The summed E-state index contributed by atoms with van der Waals surface area (Å²) in [4.78, 5) is 26.4. The van der Waals surface area contributed by atoms with Gasteiger partial charge in [0.05, 0.1) is 25.8 Å². The fraction of sp³-hybridized carbons (Fsp3) is 0.185. The SMILES string of the molecule is COC(=O)C1=C(Nc2cccc(-c3ccc(OCc4ccccc4)cc3)c2)C(=O)N(CCO)C1. The topological polar surface area (TPSA) is 88.1 Å². The molecule has 3 aromatic rings. The van der Waals surface area contributed by atoms with E-state index < -0.39 is 5.97 Å². The molecular formula is C27H26N2O5. The van der Waals surface area contributed by atoms with E-state index in [-0.39, 0.29) is 36.9 Å². The van der Waals surface area contributed by atoms with Crippen LogP contribution in [0.4, 0.5) is 5.69 Å². The Bertz CT molecular complexity index is 1190. The lowest BCUT2D eigenvalue weighted by Crippen LogP contribution is -2.31. The first-order chi connectivity index (χ1) is 16.6. The molecule has 0 radical (unpaired) electrons. The number of benzene rings is 3. The summed E-state index contributed by atoms with van der Waals surface area (Å²) in [6.07, 6.45) is 0. The van der Waals surface area contributed by atoms with Crippen LogP contribution in [0.15, 0.2) is 90.1 Å². The average molecular weight is 459 g/mol. The molecule has 1 aliphatic rings. The zero-order chi connectivity index (χ0) is 23.9. The van der Waals surface area contributed by atoms with Crippen LogP contribution in [0.25, 0.3) is 11.1 Å². The molecule has 3 aromatic carbocycles. The van der Waals surface area contributed by atoms with Crippen molar-refractivity contribution in [2.75, 3.05) is 32.1 Å². The number of nitrogens with one attached hydrogen (secondary N) is 1. The van der Waals surface area contributed by atoms with E-state index in [9.17, 15) is 14.7 Å². The van der Waals surface area contributed by atoms with E-state index in [1.807, 2.05) is 78.9 Å². The summed E-state index contributed by atoms with van der Waals surface area (Å²) < 4.78 is 10.7. The minimum absolute atomic E-state index is 0.0958. The number of carbonyl (C=O) groups is 2. The number of carbonyl (C=O) groups excluding carboxylic acids is 2. The van der Waals surface area contributed by atoms with E-state index in [2.05, 4.69) is 5.32 Å². The number of aliphatic hydroxyl groups is 1. The van der Waals surface area contributed by atoms with Crippen molar-refractivity contribution < 1.29 is 24.2 Å². The molecule has 0 aromatic heterocycles. The highest BCUT2D eigenvalue weighted by atomic mass is 16.5. The molecule has 0 fully saturated rings. The minimum Gasteiger partial charge on any atom is -0.489 e. The Morgan fingerprint density at radius 3 is 2.47 bits per heavy atom. The van der Waals surface area contributed by atoms with Crippen molar-refractivity contribution in [3.8, 4) is 16.9 Å². The van der Waals surface area contributed by atoms with Gasteiger partial charge in [0.1, 0.15) is 18.1 Å². The van der Waals surface area contributed by atoms with Gasteiger partial charge in [0.15, 0.2) is 0 Å². The highest BCUT2D eigenvalue weighted by Crippen LogP contribution is 2.28. The van der Waals surface area contributed by atoms with Gasteiger partial charge in [-0.2, -0.15) is 0 Å². The average Bonchev–Trinajstić information content (AvgIpc) is 3.18. The number of hydrogen-bond acceptors (Lipinski definition) is 6. The van der Waals surface area contributed by atoms with E-state index in [1.165, 1.54) is 12.0 Å². The first-order valence-corrected chi connectivity index (χ1v) is 10.9. The maximum absolute atomic E-state index is 12.8. The van der Waals surface area contributed by atoms with E-state index in [4.69, 9.17) is 9.47 Å². The zero-order valence-electron chi connectivity index (χ0n) is 18.9. The number of amides is 1. The second-order valence-corrected chi connectivity index (χ2v) is 7.80. The van der Waals surface area contributed by atoms with E-state index in [1.54, 1.807) is 0 Å². The van der Waals surface area contributed by atoms with Gasteiger partial charge in [0, 0.05) is 12.2 Å². The Morgan fingerprint density at radius 1 is 1.00 bits per heavy atom. The van der Waals surface area contributed by atoms with Crippen LogP contribution in [0.2, 0.25) is 0 Å². The fourth-order valence-corrected chi connectivity index (χ4v) is 3.75. The normalized spacial score (nSPS) is 13.2. The second-order valence-electron chi connectivity index (χ2n) is 7.80. The van der Waals surface area contributed by atoms with Gasteiger partial charge in [-0.25, -0.2) is 4.79 Å². The molecule has 2 N–H and O–H groups in total. The Morgan fingerprint density at radius 2 is 1.76 bits per heavy atom. The van der Waals surface area contributed by atoms with Crippen molar-refractivity contribution >= 4 is 17.6 Å². The van der Waals surface area contributed by atoms with Crippen LogP contribution in [-0.2, 0) is 20.9 Å². The van der Waals surface area contributed by atoms with Gasteiger partial charge < -0.3 is 24.8 Å². The van der Waals surface area contributed by atoms with Gasteiger partial charge in [-0.05, 0) is 41.0 Å². The maximum atomic E-state index is 12.8. The van der Waals surface area contributed by atoms with Crippen molar-refractivity contribution in [1.82, 2.24) is 4.90 Å². The third kappa shape index (κ3) is 5.27. The largest absolute Gasteiger partial charge is 0.489 e. The van der Waals surface area contributed by atoms with Gasteiger partial charge in [-0.1, -0.05) is 54.6 Å². The number of rotatable bonds is 9. The molecule has 0 bridgehead atoms. The molecule has 0 unspecified atom stereocenters. The molecule has 0 spiro atoms. The van der Waals surface area contributed by atoms with Crippen molar-refractivity contribution in [2.24, 2.45) is 0 Å². The summed E-state index contributed by atoms with van der Waals surface area (Å²) >= 11 is 0. The minimum atomic E-state index is -0.571. The Kier molecular flexibility index (Phi) is 7.25. The summed E-state index contributed by atoms with van der Waals surface area (Å²) in [5, 5.41) is 12.3. The predicted octanol–water partition coefficient (Wildman–Crippen LogP) is 3.61. The number of aliphatic hydroxyl groups excluding tert-OH is 1. The van der Waals surface area contributed by atoms with Crippen LogP contribution in [0.1, 0.15) is 5.56 Å². The summed E-state index contributed by atoms with van der Waals surface area (Å²) in [5.41, 5.74) is 4.10. The van der Waals surface area contributed by atoms with E-state index in [0.717, 1.165) is 22.4 Å².